The lowest BCUT2D eigenvalue weighted by molar-refractivity contribution is -0.109. The third-order valence-electron chi connectivity index (χ3n) is 6.51. The van der Waals surface area contributed by atoms with Gasteiger partial charge in [0, 0.05) is 11.3 Å². The molecule has 0 amide bonds. The van der Waals surface area contributed by atoms with Gasteiger partial charge >= 0.3 is 0 Å². The summed E-state index contributed by atoms with van der Waals surface area (Å²) in [6.45, 7) is 4.68. The van der Waals surface area contributed by atoms with Gasteiger partial charge in [0.2, 0.25) is 0 Å². The highest BCUT2D eigenvalue weighted by Gasteiger charge is 2.23. The van der Waals surface area contributed by atoms with Gasteiger partial charge in [-0.2, -0.15) is 0 Å². The summed E-state index contributed by atoms with van der Waals surface area (Å²) in [7, 11) is 0. The average Bonchev–Trinajstić information content (AvgIpc) is 2.90. The van der Waals surface area contributed by atoms with Crippen LogP contribution in [0.25, 0.3) is 6.08 Å². The molecule has 1 unspecified atom stereocenters. The zero-order valence-corrected chi connectivity index (χ0v) is 19.9. The molecule has 2 aliphatic rings. The minimum absolute atomic E-state index is 0.469. The quantitative estimate of drug-likeness (QED) is 0.335. The molecule has 2 aliphatic heterocycles. The van der Waals surface area contributed by atoms with Gasteiger partial charge in [0.15, 0.2) is 0 Å². The Morgan fingerprint density at radius 1 is 1.09 bits per heavy atom. The second kappa shape index (κ2) is 10.6. The summed E-state index contributed by atoms with van der Waals surface area (Å²) in [6, 6.07) is 17.9. The van der Waals surface area contributed by atoms with Crippen molar-refractivity contribution in [3.8, 4) is 5.75 Å². The number of hydrogen-bond acceptors (Lipinski definition) is 7. The first-order chi connectivity index (χ1) is 17.2. The molecule has 1 atom stereocenters. The maximum atomic E-state index is 11.9. The van der Waals surface area contributed by atoms with E-state index in [1.807, 2.05) is 43.3 Å². The van der Waals surface area contributed by atoms with Crippen LogP contribution in [0.2, 0.25) is 0 Å². The van der Waals surface area contributed by atoms with Gasteiger partial charge in [-0.3, -0.25) is 0 Å². The molecule has 180 valence electrons. The molecule has 7 nitrogen and oxygen atoms in total. The Kier molecular flexibility index (Phi) is 6.95. The summed E-state index contributed by atoms with van der Waals surface area (Å²) in [5, 5.41) is 13.4. The summed E-state index contributed by atoms with van der Waals surface area (Å²) in [6.07, 6.45) is 7.00. The van der Waals surface area contributed by atoms with Crippen molar-refractivity contribution < 1.29 is 9.53 Å². The first kappa shape index (κ1) is 22.9. The van der Waals surface area contributed by atoms with E-state index < -0.39 is 6.04 Å². The van der Waals surface area contributed by atoms with Crippen LogP contribution in [0.15, 0.2) is 60.8 Å². The van der Waals surface area contributed by atoms with E-state index in [0.717, 1.165) is 60.5 Å². The zero-order chi connectivity index (χ0) is 24.0. The summed E-state index contributed by atoms with van der Waals surface area (Å²) in [5.41, 5.74) is 4.90. The molecule has 1 saturated heterocycles. The molecule has 5 rings (SSSR count). The van der Waals surface area contributed by atoms with Crippen LogP contribution in [0.3, 0.4) is 0 Å². The second-order valence-corrected chi connectivity index (χ2v) is 8.80. The molecular weight excluding hydrogens is 438 g/mol. The number of ether oxygens (including phenoxy) is 1. The van der Waals surface area contributed by atoms with Gasteiger partial charge in [0.25, 0.3) is 0 Å². The third kappa shape index (κ3) is 5.15. The van der Waals surface area contributed by atoms with E-state index in [1.165, 1.54) is 5.56 Å². The van der Waals surface area contributed by atoms with Crippen molar-refractivity contribution in [1.82, 2.24) is 15.6 Å². The van der Waals surface area contributed by atoms with Gasteiger partial charge < -0.3 is 30.8 Å². The van der Waals surface area contributed by atoms with E-state index in [4.69, 9.17) is 9.72 Å². The Bertz CT molecular complexity index is 1200. The number of aldehydes is 1. The minimum atomic E-state index is -0.469. The highest BCUT2D eigenvalue weighted by atomic mass is 16.5. The molecule has 3 aromatic rings. The molecular formula is C28H31N5O2. The molecule has 35 heavy (non-hydrogen) atoms. The molecule has 0 saturated carbocycles. The predicted octanol–water partition coefficient (Wildman–Crippen LogP) is 5.25. The number of carbonyl (C=O) groups excluding carboxylic acids is 1. The molecule has 3 heterocycles. The van der Waals surface area contributed by atoms with Gasteiger partial charge in [0.1, 0.15) is 29.7 Å². The fourth-order valence-corrected chi connectivity index (χ4v) is 4.75. The van der Waals surface area contributed by atoms with Crippen LogP contribution in [-0.4, -0.2) is 31.0 Å². The second-order valence-electron chi connectivity index (χ2n) is 8.80. The molecule has 0 bridgehead atoms. The number of para-hydroxylation sites is 2. The van der Waals surface area contributed by atoms with Crippen LogP contribution in [0.5, 0.6) is 5.75 Å². The van der Waals surface area contributed by atoms with Crippen LogP contribution in [0.1, 0.15) is 48.4 Å². The fourth-order valence-electron chi connectivity index (χ4n) is 4.75. The van der Waals surface area contributed by atoms with Crippen molar-refractivity contribution in [2.45, 2.75) is 31.7 Å². The normalized spacial score (nSPS) is 17.2. The molecule has 0 spiro atoms. The predicted molar refractivity (Wildman–Crippen MR) is 141 cm³/mol. The van der Waals surface area contributed by atoms with E-state index in [1.54, 1.807) is 6.20 Å². The molecule has 0 aliphatic carbocycles. The van der Waals surface area contributed by atoms with Gasteiger partial charge in [-0.15, -0.1) is 0 Å². The van der Waals surface area contributed by atoms with Gasteiger partial charge in [-0.1, -0.05) is 24.3 Å². The minimum Gasteiger partial charge on any atom is -0.492 e. The summed E-state index contributed by atoms with van der Waals surface area (Å²) < 4.78 is 5.76. The number of aromatic nitrogens is 1. The smallest absolute Gasteiger partial charge is 0.146 e. The topological polar surface area (TPSA) is 87.3 Å². The number of pyridine rings is 1. The highest BCUT2D eigenvalue weighted by molar-refractivity contribution is 5.79. The number of nitrogens with one attached hydrogen (secondary N) is 4. The van der Waals surface area contributed by atoms with E-state index in [-0.39, 0.29) is 0 Å². The lowest BCUT2D eigenvalue weighted by Gasteiger charge is -2.24. The van der Waals surface area contributed by atoms with E-state index >= 15 is 0 Å². The molecule has 0 radical (unpaired) electrons. The van der Waals surface area contributed by atoms with Crippen molar-refractivity contribution in [3.63, 3.8) is 0 Å². The van der Waals surface area contributed by atoms with E-state index in [2.05, 4.69) is 45.5 Å². The van der Waals surface area contributed by atoms with Crippen molar-refractivity contribution in [2.24, 2.45) is 0 Å². The molecule has 2 aromatic carbocycles. The molecule has 1 aromatic heterocycles. The largest absolute Gasteiger partial charge is 0.492 e. The Hall–Kier alpha value is -3.84. The maximum Gasteiger partial charge on any atom is 0.146 e. The first-order valence-corrected chi connectivity index (χ1v) is 12.2. The van der Waals surface area contributed by atoms with Crippen LogP contribution in [0.4, 0.5) is 23.0 Å². The van der Waals surface area contributed by atoms with Crippen LogP contribution < -0.4 is 26.0 Å². The molecule has 4 N–H and O–H groups in total. The number of piperidine rings is 1. The summed E-state index contributed by atoms with van der Waals surface area (Å²) >= 11 is 0. The Morgan fingerprint density at radius 3 is 2.66 bits per heavy atom. The number of fused-ring (bicyclic) bond motifs is 1. The molecule has 1 fully saturated rings. The molecule has 7 heteroatoms. The number of benzene rings is 2. The highest BCUT2D eigenvalue weighted by Crippen LogP contribution is 2.35. The maximum absolute atomic E-state index is 11.9. The number of nitrogens with zero attached hydrogens (tertiary/aromatic N) is 1. The van der Waals surface area contributed by atoms with Crippen molar-refractivity contribution in [2.75, 3.05) is 30.3 Å². The Labute approximate surface area is 206 Å². The average molecular weight is 470 g/mol. The SMILES string of the molecule is CCOc1ccccc1Nc1cc2c(c(Nc3ccc(C4CCNCC4)cc3)n1)C(C=O)NC=C2. The van der Waals surface area contributed by atoms with Gasteiger partial charge in [-0.05, 0) is 92.5 Å². The zero-order valence-electron chi connectivity index (χ0n) is 19.9. The van der Waals surface area contributed by atoms with Crippen LogP contribution in [0, 0.1) is 0 Å². The monoisotopic (exact) mass is 469 g/mol. The fraction of sp³-hybridized carbons (Fsp3) is 0.286. The lowest BCUT2D eigenvalue weighted by Crippen LogP contribution is -2.26. The first-order valence-electron chi connectivity index (χ1n) is 12.2. The van der Waals surface area contributed by atoms with Gasteiger partial charge in [-0.25, -0.2) is 4.98 Å². The van der Waals surface area contributed by atoms with E-state index in [9.17, 15) is 4.79 Å². The van der Waals surface area contributed by atoms with Crippen molar-refractivity contribution in [1.29, 1.82) is 0 Å². The Balaban J connectivity index is 1.46. The number of anilines is 4. The summed E-state index contributed by atoms with van der Waals surface area (Å²) in [4.78, 5) is 16.7. The number of carbonyl (C=O) groups is 1. The Morgan fingerprint density at radius 2 is 1.89 bits per heavy atom. The van der Waals surface area contributed by atoms with Crippen LogP contribution in [-0.2, 0) is 4.79 Å². The van der Waals surface area contributed by atoms with Crippen molar-refractivity contribution >= 4 is 35.4 Å². The third-order valence-corrected chi connectivity index (χ3v) is 6.51. The van der Waals surface area contributed by atoms with Crippen molar-refractivity contribution in [3.05, 3.63) is 77.5 Å². The van der Waals surface area contributed by atoms with E-state index in [0.29, 0.717) is 24.2 Å². The lowest BCUT2D eigenvalue weighted by atomic mass is 9.90. The number of rotatable bonds is 8. The number of hydrogen-bond donors (Lipinski definition) is 4. The summed E-state index contributed by atoms with van der Waals surface area (Å²) in [5.74, 6) is 2.67. The van der Waals surface area contributed by atoms with Gasteiger partial charge in [0.05, 0.1) is 12.3 Å². The standard InChI is InChI=1S/C28H31N5O2/c1-2-35-25-6-4-3-5-23(25)32-26-17-21-13-16-30-24(18-34)27(21)28(33-26)31-22-9-7-19(8-10-22)20-11-14-29-15-12-20/h3-10,13,16-18,20,24,29-30H,2,11-12,14-15H2,1H3,(H2,31,32,33). The van der Waals surface area contributed by atoms with Crippen LogP contribution >= 0.6 is 0 Å².